The second-order valence-electron chi connectivity index (χ2n) is 10.2. The number of nitrogen functional groups attached to an aromatic ring is 1. The fourth-order valence-corrected chi connectivity index (χ4v) is 5.08. The molecule has 0 radical (unpaired) electrons. The number of alkyl halides is 3. The lowest BCUT2D eigenvalue weighted by Gasteiger charge is -2.14. The van der Waals surface area contributed by atoms with Crippen LogP contribution in [-0.4, -0.2) is 15.8 Å². The second-order valence-corrected chi connectivity index (χ2v) is 10.2. The van der Waals surface area contributed by atoms with E-state index in [0.717, 1.165) is 31.3 Å². The van der Waals surface area contributed by atoms with Gasteiger partial charge in [-0.25, -0.2) is 4.98 Å². The normalized spacial score (nSPS) is 14.9. The van der Waals surface area contributed by atoms with E-state index < -0.39 is 11.9 Å². The zero-order valence-corrected chi connectivity index (χ0v) is 22.5. The van der Waals surface area contributed by atoms with Gasteiger partial charge in [0, 0.05) is 36.3 Å². The first-order valence-electron chi connectivity index (χ1n) is 13.6. The van der Waals surface area contributed by atoms with Crippen molar-refractivity contribution < 1.29 is 18.0 Å². The molecular formula is C32H35F3N4O. The van der Waals surface area contributed by atoms with Crippen LogP contribution in [0.3, 0.4) is 0 Å². The number of nitrogens with two attached hydrogens (primary N) is 2. The summed E-state index contributed by atoms with van der Waals surface area (Å²) >= 11 is 0. The van der Waals surface area contributed by atoms with Gasteiger partial charge in [0.05, 0.1) is 5.52 Å². The number of anilines is 1. The number of halogens is 3. The van der Waals surface area contributed by atoms with Crippen molar-refractivity contribution in [3.8, 4) is 0 Å². The molecule has 8 heteroatoms. The minimum atomic E-state index is -4.46. The summed E-state index contributed by atoms with van der Waals surface area (Å²) in [7, 11) is 0. The number of pyridine rings is 1. The molecule has 4 aromatic rings. The van der Waals surface area contributed by atoms with Gasteiger partial charge >= 0.3 is 6.18 Å². The third-order valence-corrected chi connectivity index (χ3v) is 7.10. The monoisotopic (exact) mass is 548 g/mol. The molecule has 0 unspecified atom stereocenters. The highest BCUT2D eigenvalue weighted by atomic mass is 19.4. The predicted molar refractivity (Wildman–Crippen MR) is 153 cm³/mol. The van der Waals surface area contributed by atoms with Gasteiger partial charge in [0.2, 0.25) is 5.91 Å². The van der Waals surface area contributed by atoms with E-state index in [-0.39, 0.29) is 17.1 Å². The number of fused-ring (bicyclic) bond motifs is 2. The van der Waals surface area contributed by atoms with Crippen molar-refractivity contribution in [3.05, 3.63) is 107 Å². The first kappa shape index (κ1) is 29.1. The fraction of sp³-hybridized carbons (Fsp3) is 0.312. The number of amides is 1. The Kier molecular flexibility index (Phi) is 9.77. The summed E-state index contributed by atoms with van der Waals surface area (Å²) in [5, 5.41) is 0.533. The number of hydrogen-bond acceptors (Lipinski definition) is 4. The van der Waals surface area contributed by atoms with E-state index in [1.54, 1.807) is 18.2 Å². The minimum absolute atomic E-state index is 0.0907. The van der Waals surface area contributed by atoms with Crippen LogP contribution in [0.15, 0.2) is 78.9 Å². The lowest BCUT2D eigenvalue weighted by molar-refractivity contribution is -0.140. The quantitative estimate of drug-likeness (QED) is 0.278. The minimum Gasteiger partial charge on any atom is -0.398 e. The Hall–Kier alpha value is -3.91. The highest BCUT2D eigenvalue weighted by Gasteiger charge is 2.33. The number of para-hydroxylation sites is 1. The highest BCUT2D eigenvalue weighted by molar-refractivity contribution is 5.94. The van der Waals surface area contributed by atoms with Crippen molar-refractivity contribution in [3.63, 3.8) is 0 Å². The van der Waals surface area contributed by atoms with Gasteiger partial charge in [-0.3, -0.25) is 9.69 Å². The number of hydrogen-bond donors (Lipinski definition) is 2. The first-order valence-corrected chi connectivity index (χ1v) is 13.6. The molecule has 1 fully saturated rings. The second kappa shape index (κ2) is 13.4. The molecule has 2 heterocycles. The van der Waals surface area contributed by atoms with E-state index >= 15 is 0 Å². The van der Waals surface area contributed by atoms with Crippen molar-refractivity contribution in [1.82, 2.24) is 9.88 Å². The third-order valence-electron chi connectivity index (χ3n) is 7.10. The van der Waals surface area contributed by atoms with Crippen LogP contribution in [-0.2, 0) is 25.8 Å². The lowest BCUT2D eigenvalue weighted by Crippen LogP contribution is -2.17. The molecule has 1 aromatic heterocycles. The maximum absolute atomic E-state index is 12.4. The van der Waals surface area contributed by atoms with Gasteiger partial charge in [-0.1, -0.05) is 99.2 Å². The average molecular weight is 549 g/mol. The van der Waals surface area contributed by atoms with E-state index in [0.29, 0.717) is 10.9 Å². The number of aromatic nitrogens is 1. The molecule has 0 bridgehead atoms. The SMILES string of the molecule is C1CCCCC1.NC(=O)c1cccc2c1CN(Cc1ccccc1)C2.Nc1cc(C(F)(F)F)nc2ccccc12. The number of nitrogens with zero attached hydrogens (tertiary/aromatic N) is 2. The molecule has 40 heavy (non-hydrogen) atoms. The molecule has 1 aliphatic carbocycles. The van der Waals surface area contributed by atoms with Crippen molar-refractivity contribution in [1.29, 1.82) is 0 Å². The number of carbonyl (C=O) groups is 1. The molecule has 2 aliphatic rings. The van der Waals surface area contributed by atoms with Crippen LogP contribution in [0.2, 0.25) is 0 Å². The van der Waals surface area contributed by atoms with Gasteiger partial charge in [-0.2, -0.15) is 13.2 Å². The molecule has 3 aromatic carbocycles. The topological polar surface area (TPSA) is 85.2 Å². The molecule has 5 nitrogen and oxygen atoms in total. The smallest absolute Gasteiger partial charge is 0.398 e. The Bertz CT molecular complexity index is 1410. The van der Waals surface area contributed by atoms with Crippen LogP contribution in [0.25, 0.3) is 10.9 Å². The zero-order valence-electron chi connectivity index (χ0n) is 22.5. The van der Waals surface area contributed by atoms with Gasteiger partial charge < -0.3 is 11.5 Å². The van der Waals surface area contributed by atoms with Crippen molar-refractivity contribution in [2.75, 3.05) is 5.73 Å². The van der Waals surface area contributed by atoms with E-state index in [9.17, 15) is 18.0 Å². The molecule has 0 atom stereocenters. The number of primary amides is 1. The summed E-state index contributed by atoms with van der Waals surface area (Å²) in [6.07, 6.45) is 4.54. The highest BCUT2D eigenvalue weighted by Crippen LogP contribution is 2.31. The number of rotatable bonds is 3. The van der Waals surface area contributed by atoms with Crippen molar-refractivity contribution >= 4 is 22.5 Å². The summed E-state index contributed by atoms with van der Waals surface area (Å²) in [5.74, 6) is -0.335. The van der Waals surface area contributed by atoms with Crippen LogP contribution in [0, 0.1) is 0 Å². The van der Waals surface area contributed by atoms with Gasteiger partial charge in [0.15, 0.2) is 0 Å². The van der Waals surface area contributed by atoms with Crippen LogP contribution < -0.4 is 11.5 Å². The Morgan fingerprint density at radius 2 is 1.45 bits per heavy atom. The predicted octanol–water partition coefficient (Wildman–Crippen LogP) is 7.48. The molecule has 4 N–H and O–H groups in total. The standard InChI is InChI=1S/C16H16N2O.C10H7F3N2.C6H12/c17-16(19)14-8-4-7-13-10-18(11-15(13)14)9-12-5-2-1-3-6-12;11-10(12,13)9-5-7(14)6-3-1-2-4-8(6)15-9;1-2-4-6-5-3-1/h1-8H,9-11H2,(H2,17,19);1-5H,(H2,14,15);1-6H2. The van der Waals surface area contributed by atoms with Gasteiger partial charge in [-0.05, 0) is 34.9 Å². The van der Waals surface area contributed by atoms with Crippen LogP contribution >= 0.6 is 0 Å². The number of benzene rings is 3. The molecule has 0 spiro atoms. The largest absolute Gasteiger partial charge is 0.433 e. The van der Waals surface area contributed by atoms with Gasteiger partial charge in [-0.15, -0.1) is 0 Å². The summed E-state index contributed by atoms with van der Waals surface area (Å²) in [4.78, 5) is 17.3. The van der Waals surface area contributed by atoms with E-state index in [2.05, 4.69) is 28.1 Å². The maximum atomic E-state index is 12.4. The Balaban J connectivity index is 0.000000156. The van der Waals surface area contributed by atoms with E-state index in [1.807, 2.05) is 30.3 Å². The first-order chi connectivity index (χ1) is 19.2. The van der Waals surface area contributed by atoms with E-state index in [1.165, 1.54) is 55.7 Å². The summed E-state index contributed by atoms with van der Waals surface area (Å²) in [6, 6.07) is 23.5. The summed E-state index contributed by atoms with van der Waals surface area (Å²) in [6.45, 7) is 2.57. The van der Waals surface area contributed by atoms with Crippen LogP contribution in [0.4, 0.5) is 18.9 Å². The Morgan fingerprint density at radius 1 is 0.825 bits per heavy atom. The summed E-state index contributed by atoms with van der Waals surface area (Å²) in [5.41, 5.74) is 14.6. The third kappa shape index (κ3) is 7.82. The zero-order chi connectivity index (χ0) is 28.5. The Morgan fingerprint density at radius 3 is 2.08 bits per heavy atom. The molecule has 1 amide bonds. The van der Waals surface area contributed by atoms with Crippen molar-refractivity contribution in [2.45, 2.75) is 64.3 Å². The fourth-order valence-electron chi connectivity index (χ4n) is 5.08. The van der Waals surface area contributed by atoms with Crippen LogP contribution in [0.1, 0.15) is 71.3 Å². The molecule has 210 valence electrons. The summed E-state index contributed by atoms with van der Waals surface area (Å²) < 4.78 is 37.1. The Labute approximate surface area is 233 Å². The van der Waals surface area contributed by atoms with Gasteiger partial charge in [0.25, 0.3) is 0 Å². The molecule has 1 aliphatic heterocycles. The van der Waals surface area contributed by atoms with Crippen LogP contribution in [0.5, 0.6) is 0 Å². The molecule has 0 saturated heterocycles. The number of carbonyl (C=O) groups excluding carboxylic acids is 1. The lowest BCUT2D eigenvalue weighted by atomic mass is 10.0. The van der Waals surface area contributed by atoms with Crippen molar-refractivity contribution in [2.24, 2.45) is 5.73 Å². The molecular weight excluding hydrogens is 513 g/mol. The molecule has 1 saturated carbocycles. The average Bonchev–Trinajstić information content (AvgIpc) is 3.37. The van der Waals surface area contributed by atoms with E-state index in [4.69, 9.17) is 11.5 Å². The van der Waals surface area contributed by atoms with Gasteiger partial charge in [0.1, 0.15) is 5.69 Å². The molecule has 6 rings (SSSR count). The maximum Gasteiger partial charge on any atom is 0.433 e.